The smallest absolute Gasteiger partial charge is 0.324 e. The molecule has 0 aromatic carbocycles. The maximum Gasteiger partial charge on any atom is 0.324 e. The van der Waals surface area contributed by atoms with Crippen LogP contribution in [0.1, 0.15) is 25.2 Å². The van der Waals surface area contributed by atoms with E-state index in [1.165, 1.54) is 0 Å². The van der Waals surface area contributed by atoms with E-state index in [0.29, 0.717) is 30.2 Å². The summed E-state index contributed by atoms with van der Waals surface area (Å²) in [6.07, 6.45) is -3.20. The van der Waals surface area contributed by atoms with Gasteiger partial charge >= 0.3 is 12.3 Å². The third kappa shape index (κ3) is 3.94. The molecule has 0 aliphatic rings. The zero-order chi connectivity index (χ0) is 15.3. The van der Waals surface area contributed by atoms with Crippen molar-refractivity contribution < 1.29 is 17.6 Å². The number of nitrogens with zero attached hydrogens (tertiary/aromatic N) is 2. The third-order valence-corrected chi connectivity index (χ3v) is 2.66. The lowest BCUT2D eigenvalue weighted by Gasteiger charge is -2.18. The average molecular weight is 294 g/mol. The van der Waals surface area contributed by atoms with Crippen molar-refractivity contribution in [3.05, 3.63) is 11.4 Å². The summed E-state index contributed by atoms with van der Waals surface area (Å²) in [6, 6.07) is 0. The number of alkyl halides is 4. The van der Waals surface area contributed by atoms with Gasteiger partial charge in [0.25, 0.3) is 0 Å². The van der Waals surface area contributed by atoms with Crippen LogP contribution in [-0.4, -0.2) is 35.4 Å². The van der Waals surface area contributed by atoms with Crippen molar-refractivity contribution in [2.75, 3.05) is 23.7 Å². The molecular formula is C12H18F4N4. The van der Waals surface area contributed by atoms with E-state index in [0.717, 1.165) is 0 Å². The Balaban J connectivity index is 2.96. The highest BCUT2D eigenvalue weighted by Crippen LogP contribution is 2.25. The van der Waals surface area contributed by atoms with E-state index in [2.05, 4.69) is 20.6 Å². The summed E-state index contributed by atoms with van der Waals surface area (Å²) in [7, 11) is 0. The molecule has 1 aromatic heterocycles. The van der Waals surface area contributed by atoms with Gasteiger partial charge in [-0.05, 0) is 13.8 Å². The second-order valence-corrected chi connectivity index (χ2v) is 4.26. The van der Waals surface area contributed by atoms with Crippen molar-refractivity contribution in [3.63, 3.8) is 0 Å². The fourth-order valence-corrected chi connectivity index (χ4v) is 1.51. The van der Waals surface area contributed by atoms with Crippen LogP contribution in [-0.2, 0) is 6.42 Å². The summed E-state index contributed by atoms with van der Waals surface area (Å²) in [6.45, 7) is 4.76. The molecule has 0 unspecified atom stereocenters. The number of nitrogens with one attached hydrogen (secondary N) is 2. The van der Waals surface area contributed by atoms with Gasteiger partial charge in [-0.25, -0.2) is 18.7 Å². The van der Waals surface area contributed by atoms with Crippen LogP contribution in [0.4, 0.5) is 29.2 Å². The number of anilines is 2. The Morgan fingerprint density at radius 2 is 1.65 bits per heavy atom. The van der Waals surface area contributed by atoms with Crippen molar-refractivity contribution in [2.24, 2.45) is 0 Å². The second-order valence-electron chi connectivity index (χ2n) is 4.26. The van der Waals surface area contributed by atoms with Gasteiger partial charge in [-0.3, -0.25) is 0 Å². The molecule has 0 bridgehead atoms. The highest BCUT2D eigenvalue weighted by atomic mass is 19.3. The molecule has 0 spiro atoms. The lowest BCUT2D eigenvalue weighted by molar-refractivity contribution is -0.117. The Morgan fingerprint density at radius 3 is 2.10 bits per heavy atom. The maximum atomic E-state index is 12.9. The fraction of sp³-hybridized carbons (Fsp3) is 0.667. The average Bonchev–Trinajstić information content (AvgIpc) is 2.39. The van der Waals surface area contributed by atoms with Gasteiger partial charge in [-0.2, -0.15) is 8.78 Å². The highest BCUT2D eigenvalue weighted by Gasteiger charge is 2.40. The van der Waals surface area contributed by atoms with Crippen molar-refractivity contribution in [1.82, 2.24) is 9.97 Å². The van der Waals surface area contributed by atoms with E-state index >= 15 is 0 Å². The first-order valence-electron chi connectivity index (χ1n) is 6.33. The first kappa shape index (κ1) is 16.5. The molecule has 0 aliphatic carbocycles. The molecule has 0 saturated carbocycles. The Bertz CT molecular complexity index is 451. The molecular weight excluding hydrogens is 276 g/mol. The molecule has 0 radical (unpaired) electrons. The minimum atomic E-state index is -4.10. The lowest BCUT2D eigenvalue weighted by atomic mass is 10.2. The zero-order valence-corrected chi connectivity index (χ0v) is 11.6. The number of halogens is 4. The summed E-state index contributed by atoms with van der Waals surface area (Å²) in [5.74, 6) is -2.98. The predicted molar refractivity (Wildman–Crippen MR) is 69.8 cm³/mol. The van der Waals surface area contributed by atoms with Crippen molar-refractivity contribution >= 4 is 11.6 Å². The van der Waals surface area contributed by atoms with Crippen LogP contribution >= 0.6 is 0 Å². The largest absolute Gasteiger partial charge is 0.370 e. The van der Waals surface area contributed by atoms with Crippen LogP contribution in [0.2, 0.25) is 0 Å². The van der Waals surface area contributed by atoms with E-state index < -0.39 is 18.9 Å². The standard InChI is InChI=1S/C12H18F4N4/c1-4-8-19-9(17-5-2)7(3)10(20-8)18-6-12(15,16)11(13)14/h11H,4-6H2,1-3H3,(H2,17,18,19,20). The van der Waals surface area contributed by atoms with Crippen LogP contribution < -0.4 is 10.6 Å². The topological polar surface area (TPSA) is 49.8 Å². The first-order chi connectivity index (χ1) is 9.31. The Hall–Kier alpha value is -1.60. The van der Waals surface area contributed by atoms with Gasteiger partial charge in [0.15, 0.2) is 0 Å². The van der Waals surface area contributed by atoms with Gasteiger partial charge in [-0.15, -0.1) is 0 Å². The SMILES string of the molecule is CCNc1nc(CC)nc(NCC(F)(F)C(F)F)c1C. The quantitative estimate of drug-likeness (QED) is 0.759. The molecule has 4 nitrogen and oxygen atoms in total. The molecule has 0 aliphatic heterocycles. The molecule has 20 heavy (non-hydrogen) atoms. The number of aryl methyl sites for hydroxylation is 1. The summed E-state index contributed by atoms with van der Waals surface area (Å²) in [5.41, 5.74) is 0.522. The minimum absolute atomic E-state index is 0.146. The normalized spacial score (nSPS) is 11.8. The lowest BCUT2D eigenvalue weighted by Crippen LogP contribution is -2.35. The number of hydrogen-bond acceptors (Lipinski definition) is 4. The predicted octanol–water partition coefficient (Wildman–Crippen LogP) is 3.09. The first-order valence-corrected chi connectivity index (χ1v) is 6.33. The second kappa shape index (κ2) is 6.71. The van der Waals surface area contributed by atoms with E-state index in [1.54, 1.807) is 6.92 Å². The van der Waals surface area contributed by atoms with E-state index in [1.807, 2.05) is 13.8 Å². The third-order valence-electron chi connectivity index (χ3n) is 2.66. The van der Waals surface area contributed by atoms with E-state index in [9.17, 15) is 17.6 Å². The number of rotatable bonds is 7. The van der Waals surface area contributed by atoms with Crippen LogP contribution in [0.5, 0.6) is 0 Å². The van der Waals surface area contributed by atoms with Crippen molar-refractivity contribution in [3.8, 4) is 0 Å². The van der Waals surface area contributed by atoms with Crippen LogP contribution in [0.25, 0.3) is 0 Å². The van der Waals surface area contributed by atoms with Crippen molar-refractivity contribution in [1.29, 1.82) is 0 Å². The summed E-state index contributed by atoms with van der Waals surface area (Å²) in [5, 5.41) is 5.27. The molecule has 0 fully saturated rings. The van der Waals surface area contributed by atoms with E-state index in [4.69, 9.17) is 0 Å². The molecule has 114 valence electrons. The molecule has 0 amide bonds. The summed E-state index contributed by atoms with van der Waals surface area (Å²) in [4.78, 5) is 8.28. The summed E-state index contributed by atoms with van der Waals surface area (Å²) >= 11 is 0. The molecule has 1 heterocycles. The maximum absolute atomic E-state index is 12.9. The van der Waals surface area contributed by atoms with Gasteiger partial charge in [0.1, 0.15) is 17.5 Å². The van der Waals surface area contributed by atoms with Gasteiger partial charge in [0.2, 0.25) is 0 Å². The van der Waals surface area contributed by atoms with Gasteiger partial charge in [-0.1, -0.05) is 6.92 Å². The fourth-order valence-electron chi connectivity index (χ4n) is 1.51. The number of aromatic nitrogens is 2. The molecule has 1 rings (SSSR count). The van der Waals surface area contributed by atoms with Gasteiger partial charge < -0.3 is 10.6 Å². The zero-order valence-electron chi connectivity index (χ0n) is 11.6. The Labute approximate surface area is 115 Å². The monoisotopic (exact) mass is 294 g/mol. The van der Waals surface area contributed by atoms with Crippen LogP contribution in [0.15, 0.2) is 0 Å². The van der Waals surface area contributed by atoms with Crippen LogP contribution in [0.3, 0.4) is 0 Å². The molecule has 8 heteroatoms. The summed E-state index contributed by atoms with van der Waals surface area (Å²) < 4.78 is 50.1. The van der Waals surface area contributed by atoms with Gasteiger partial charge in [0, 0.05) is 18.5 Å². The van der Waals surface area contributed by atoms with Gasteiger partial charge in [0.05, 0.1) is 6.54 Å². The van der Waals surface area contributed by atoms with Crippen LogP contribution in [0, 0.1) is 6.92 Å². The molecule has 2 N–H and O–H groups in total. The molecule has 0 atom stereocenters. The molecule has 0 saturated heterocycles. The van der Waals surface area contributed by atoms with E-state index in [-0.39, 0.29) is 5.82 Å². The Morgan fingerprint density at radius 1 is 1.10 bits per heavy atom. The number of hydrogen-bond donors (Lipinski definition) is 2. The Kier molecular flexibility index (Phi) is 5.52. The molecule has 1 aromatic rings. The minimum Gasteiger partial charge on any atom is -0.370 e. The highest BCUT2D eigenvalue weighted by molar-refractivity contribution is 5.57. The van der Waals surface area contributed by atoms with Crippen molar-refractivity contribution in [2.45, 2.75) is 39.5 Å².